The van der Waals surface area contributed by atoms with Crippen LogP contribution in [0, 0.1) is 12.7 Å². The van der Waals surface area contributed by atoms with E-state index < -0.39 is 0 Å². The smallest absolute Gasteiger partial charge is 0.410 e. The molecule has 2 rings (SSSR count). The highest BCUT2D eigenvalue weighted by Crippen LogP contribution is 2.26. The Kier molecular flexibility index (Phi) is 3.28. The number of nitrogens with zero attached hydrogens (tertiary/aromatic N) is 1. The molecule has 1 atom stereocenters. The van der Waals surface area contributed by atoms with E-state index in [1.165, 1.54) is 6.07 Å². The molecule has 0 aliphatic carbocycles. The van der Waals surface area contributed by atoms with Gasteiger partial charge in [0.2, 0.25) is 0 Å². The monoisotopic (exact) mass is 238 g/mol. The van der Waals surface area contributed by atoms with Crippen LogP contribution in [0.15, 0.2) is 18.2 Å². The van der Waals surface area contributed by atoms with E-state index >= 15 is 0 Å². The molecule has 1 saturated heterocycles. The molecule has 0 bridgehead atoms. The summed E-state index contributed by atoms with van der Waals surface area (Å²) in [5.41, 5.74) is 6.77. The Labute approximate surface area is 99.2 Å². The summed E-state index contributed by atoms with van der Waals surface area (Å²) >= 11 is 0. The maximum absolute atomic E-state index is 13.1. The second kappa shape index (κ2) is 4.71. The van der Waals surface area contributed by atoms with Crippen LogP contribution in [0.2, 0.25) is 0 Å². The van der Waals surface area contributed by atoms with E-state index in [9.17, 15) is 9.18 Å². The van der Waals surface area contributed by atoms with Crippen molar-refractivity contribution in [3.8, 4) is 0 Å². The summed E-state index contributed by atoms with van der Waals surface area (Å²) in [5, 5.41) is 0. The fraction of sp³-hybridized carbons (Fsp3) is 0.417. The zero-order valence-corrected chi connectivity index (χ0v) is 9.65. The normalized spacial score (nSPS) is 19.6. The first-order valence-electron chi connectivity index (χ1n) is 5.53. The third-order valence-corrected chi connectivity index (χ3v) is 2.84. The predicted molar refractivity (Wildman–Crippen MR) is 61.0 cm³/mol. The second-order valence-electron chi connectivity index (χ2n) is 4.12. The molecule has 0 saturated carbocycles. The first-order valence-corrected chi connectivity index (χ1v) is 5.53. The molecule has 1 heterocycles. The fourth-order valence-electron chi connectivity index (χ4n) is 1.89. The van der Waals surface area contributed by atoms with Crippen LogP contribution in [0.5, 0.6) is 0 Å². The predicted octanol–water partition coefficient (Wildman–Crippen LogP) is 1.59. The first-order chi connectivity index (χ1) is 8.11. The first kappa shape index (κ1) is 11.9. The molecule has 0 aromatic heterocycles. The summed E-state index contributed by atoms with van der Waals surface area (Å²) in [5.74, 6) is -0.253. The number of carbonyl (C=O) groups excluding carboxylic acids is 1. The van der Waals surface area contributed by atoms with E-state index in [0.29, 0.717) is 25.2 Å². The summed E-state index contributed by atoms with van der Waals surface area (Å²) < 4.78 is 18.3. The lowest BCUT2D eigenvalue weighted by molar-refractivity contribution is 0.133. The molecule has 92 valence electrons. The molecular weight excluding hydrogens is 223 g/mol. The Hall–Kier alpha value is -1.62. The average Bonchev–Trinajstić information content (AvgIpc) is 2.65. The van der Waals surface area contributed by atoms with Crippen LogP contribution in [0.25, 0.3) is 0 Å². The van der Waals surface area contributed by atoms with Crippen LogP contribution >= 0.6 is 0 Å². The number of nitrogens with two attached hydrogens (primary N) is 1. The van der Waals surface area contributed by atoms with Gasteiger partial charge in [-0.2, -0.15) is 0 Å². The molecule has 4 nitrogen and oxygen atoms in total. The van der Waals surface area contributed by atoms with Crippen LogP contribution in [-0.4, -0.2) is 30.6 Å². The summed E-state index contributed by atoms with van der Waals surface area (Å²) in [6, 6.07) is 4.75. The van der Waals surface area contributed by atoms with Gasteiger partial charge in [0.15, 0.2) is 0 Å². The molecule has 1 fully saturated rings. The number of hydrogen-bond donors (Lipinski definition) is 1. The molecule has 2 N–H and O–H groups in total. The van der Waals surface area contributed by atoms with Crippen LogP contribution in [0.1, 0.15) is 17.2 Å². The van der Waals surface area contributed by atoms with Gasteiger partial charge < -0.3 is 15.4 Å². The number of halogens is 1. The highest BCUT2D eigenvalue weighted by atomic mass is 19.1. The number of rotatable bonds is 3. The van der Waals surface area contributed by atoms with Gasteiger partial charge >= 0.3 is 6.09 Å². The topological polar surface area (TPSA) is 55.6 Å². The zero-order chi connectivity index (χ0) is 12.4. The number of cyclic esters (lactones) is 1. The van der Waals surface area contributed by atoms with Crippen LogP contribution in [0.4, 0.5) is 9.18 Å². The number of aryl methyl sites for hydroxylation is 1. The Morgan fingerprint density at radius 2 is 2.35 bits per heavy atom. The van der Waals surface area contributed by atoms with Crippen LogP contribution in [0.3, 0.4) is 0 Å². The van der Waals surface area contributed by atoms with Crippen molar-refractivity contribution >= 4 is 6.09 Å². The minimum absolute atomic E-state index is 0.253. The number of amides is 1. The minimum atomic E-state index is -0.359. The van der Waals surface area contributed by atoms with Gasteiger partial charge in [0.1, 0.15) is 11.9 Å². The highest BCUT2D eigenvalue weighted by molar-refractivity contribution is 5.70. The van der Waals surface area contributed by atoms with Crippen molar-refractivity contribution in [1.82, 2.24) is 4.90 Å². The molecule has 1 unspecified atom stereocenters. The van der Waals surface area contributed by atoms with Gasteiger partial charge in [-0.3, -0.25) is 0 Å². The molecule has 1 aromatic carbocycles. The molecule has 0 radical (unpaired) electrons. The lowest BCUT2D eigenvalue weighted by atomic mass is 10.1. The van der Waals surface area contributed by atoms with Crippen LogP contribution < -0.4 is 5.73 Å². The van der Waals surface area contributed by atoms with E-state index in [-0.39, 0.29) is 18.0 Å². The SMILES string of the molecule is Cc1cc(C2CN(CCN)C(=O)O2)ccc1F. The number of benzene rings is 1. The van der Waals surface area contributed by atoms with Crippen molar-refractivity contribution < 1.29 is 13.9 Å². The van der Waals surface area contributed by atoms with Gasteiger partial charge in [0.05, 0.1) is 6.54 Å². The lowest BCUT2D eigenvalue weighted by Gasteiger charge is -2.11. The molecule has 1 aromatic rings. The lowest BCUT2D eigenvalue weighted by Crippen LogP contribution is -2.30. The number of carbonyl (C=O) groups is 1. The minimum Gasteiger partial charge on any atom is -0.439 e. The Morgan fingerprint density at radius 1 is 1.59 bits per heavy atom. The van der Waals surface area contributed by atoms with E-state index in [1.54, 1.807) is 24.0 Å². The van der Waals surface area contributed by atoms with Gasteiger partial charge in [-0.25, -0.2) is 9.18 Å². The Bertz CT molecular complexity index is 437. The zero-order valence-electron chi connectivity index (χ0n) is 9.65. The van der Waals surface area contributed by atoms with Crippen molar-refractivity contribution in [2.45, 2.75) is 13.0 Å². The summed E-state index contributed by atoms with van der Waals surface area (Å²) in [4.78, 5) is 13.0. The van der Waals surface area contributed by atoms with E-state index in [1.807, 2.05) is 0 Å². The van der Waals surface area contributed by atoms with E-state index in [0.717, 1.165) is 5.56 Å². The van der Waals surface area contributed by atoms with Crippen LogP contribution in [-0.2, 0) is 4.74 Å². The van der Waals surface area contributed by atoms with Gasteiger partial charge in [-0.15, -0.1) is 0 Å². The molecule has 1 amide bonds. The maximum Gasteiger partial charge on any atom is 0.410 e. The van der Waals surface area contributed by atoms with Crippen molar-refractivity contribution in [3.63, 3.8) is 0 Å². The maximum atomic E-state index is 13.1. The van der Waals surface area contributed by atoms with Gasteiger partial charge in [-0.1, -0.05) is 6.07 Å². The average molecular weight is 238 g/mol. The third kappa shape index (κ3) is 2.39. The van der Waals surface area contributed by atoms with Crippen molar-refractivity contribution in [3.05, 3.63) is 35.1 Å². The van der Waals surface area contributed by atoms with Gasteiger partial charge in [0.25, 0.3) is 0 Å². The summed E-state index contributed by atoms with van der Waals surface area (Å²) in [7, 11) is 0. The van der Waals surface area contributed by atoms with Crippen molar-refractivity contribution in [2.24, 2.45) is 5.73 Å². The van der Waals surface area contributed by atoms with Gasteiger partial charge in [-0.05, 0) is 30.2 Å². The Morgan fingerprint density at radius 3 is 3.00 bits per heavy atom. The molecule has 1 aliphatic rings. The largest absolute Gasteiger partial charge is 0.439 e. The number of ether oxygens (including phenoxy) is 1. The third-order valence-electron chi connectivity index (χ3n) is 2.84. The fourth-order valence-corrected chi connectivity index (χ4v) is 1.89. The van der Waals surface area contributed by atoms with E-state index in [2.05, 4.69) is 0 Å². The standard InChI is InChI=1S/C12H15FN2O2/c1-8-6-9(2-3-10(8)13)11-7-15(5-4-14)12(16)17-11/h2-3,6,11H,4-5,7,14H2,1H3. The van der Waals surface area contributed by atoms with E-state index in [4.69, 9.17) is 10.5 Å². The summed E-state index contributed by atoms with van der Waals surface area (Å²) in [6.07, 6.45) is -0.684. The summed E-state index contributed by atoms with van der Waals surface area (Å²) in [6.45, 7) is 3.05. The highest BCUT2D eigenvalue weighted by Gasteiger charge is 2.31. The molecule has 17 heavy (non-hydrogen) atoms. The van der Waals surface area contributed by atoms with Crippen molar-refractivity contribution in [2.75, 3.05) is 19.6 Å². The quantitative estimate of drug-likeness (QED) is 0.870. The second-order valence-corrected chi connectivity index (χ2v) is 4.12. The molecule has 0 spiro atoms. The number of hydrogen-bond acceptors (Lipinski definition) is 3. The molecule has 5 heteroatoms. The molecular formula is C12H15FN2O2. The van der Waals surface area contributed by atoms with Gasteiger partial charge in [0, 0.05) is 13.1 Å². The van der Waals surface area contributed by atoms with Crippen molar-refractivity contribution in [1.29, 1.82) is 0 Å². The Balaban J connectivity index is 2.14. The molecule has 1 aliphatic heterocycles.